The van der Waals surface area contributed by atoms with E-state index in [0.717, 1.165) is 0 Å². The van der Waals surface area contributed by atoms with E-state index < -0.39 is 20.5 Å². The van der Waals surface area contributed by atoms with Crippen LogP contribution in [0.1, 0.15) is 0 Å². The van der Waals surface area contributed by atoms with Gasteiger partial charge in [0.2, 0.25) is 0 Å². The second-order valence-electron chi connectivity index (χ2n) is 1.57. The van der Waals surface area contributed by atoms with Crippen molar-refractivity contribution in [2.75, 3.05) is 0 Å². The van der Waals surface area contributed by atoms with Gasteiger partial charge in [-0.2, -0.15) is 0 Å². The molecule has 43 valence electrons. The van der Waals surface area contributed by atoms with Crippen molar-refractivity contribution in [3.05, 3.63) is 0 Å². The summed E-state index contributed by atoms with van der Waals surface area (Å²) in [5.41, 5.74) is 0. The Morgan fingerprint density at radius 1 is 1.14 bits per heavy atom. The third-order valence-corrected chi connectivity index (χ3v) is 0. The van der Waals surface area contributed by atoms with Gasteiger partial charge in [-0.1, -0.05) is 19.6 Å². The molecule has 0 N–H and O–H groups in total. The summed E-state index contributed by atoms with van der Waals surface area (Å²) in [4.78, 5) is 0. The maximum atomic E-state index is 4.96. The van der Waals surface area contributed by atoms with Gasteiger partial charge in [-0.05, 0) is 0 Å². The number of hydrogen-bond donors (Lipinski definition) is 0. The Morgan fingerprint density at radius 2 is 1.14 bits per heavy atom. The summed E-state index contributed by atoms with van der Waals surface area (Å²) in [6.45, 7) is 6.81. The topological polar surface area (TPSA) is 0 Å². The Kier molecular flexibility index (Phi) is 17.4. The molecule has 0 saturated carbocycles. The van der Waals surface area contributed by atoms with Crippen LogP contribution in [0.4, 0.5) is 0 Å². The first-order chi connectivity index (χ1) is 3.15. The zero-order chi connectivity index (χ0) is 6.28. The van der Waals surface area contributed by atoms with Gasteiger partial charge in [0.1, 0.15) is 0 Å². The first-order valence-corrected chi connectivity index (χ1v) is 13.8. The predicted molar refractivity (Wildman–Crippen MR) is 35.1 cm³/mol. The normalized spacial score (nSPS) is 7.14. The van der Waals surface area contributed by atoms with Crippen molar-refractivity contribution in [1.82, 2.24) is 0 Å². The van der Waals surface area contributed by atoms with Gasteiger partial charge in [0.15, 0.2) is 0 Å². The van der Waals surface area contributed by atoms with Gasteiger partial charge in [0.05, 0.1) is 0 Å². The molecule has 0 heterocycles. The monoisotopic (exact) mass is 323 g/mol. The molecule has 0 amide bonds. The summed E-state index contributed by atoms with van der Waals surface area (Å²) in [6.07, 6.45) is 0. The summed E-state index contributed by atoms with van der Waals surface area (Å²) in [5.74, 6) is 0. The van der Waals surface area contributed by atoms with Crippen LogP contribution in [0.3, 0.4) is 0 Å². The van der Waals surface area contributed by atoms with Gasteiger partial charge < -0.3 is 0 Å². The van der Waals surface area contributed by atoms with E-state index in [1.54, 1.807) is 0 Å². The molecule has 0 aliphatic rings. The quantitative estimate of drug-likeness (QED) is 0.602. The van der Waals surface area contributed by atoms with Gasteiger partial charge in [0, 0.05) is 8.80 Å². The van der Waals surface area contributed by atoms with Crippen molar-refractivity contribution < 1.29 is 20.5 Å². The molecule has 1 radical (unpaired) electrons. The van der Waals surface area contributed by atoms with Crippen LogP contribution in [0, 0.1) is 0 Å². The summed E-state index contributed by atoms with van der Waals surface area (Å²) in [5, 5.41) is 0. The van der Waals surface area contributed by atoms with Crippen molar-refractivity contribution in [3.8, 4) is 0 Å². The molecule has 0 aliphatic carbocycles. The van der Waals surface area contributed by atoms with Crippen LogP contribution >= 0.6 is 17.2 Å². The molecule has 7 heavy (non-hydrogen) atoms. The molecular formula is C3H9Cl2HfSi. The van der Waals surface area contributed by atoms with Gasteiger partial charge >= 0.3 is 37.7 Å². The maximum absolute atomic E-state index is 4.96. The number of rotatable bonds is 0. The van der Waals surface area contributed by atoms with E-state index in [1.165, 1.54) is 0 Å². The van der Waals surface area contributed by atoms with E-state index in [-0.39, 0.29) is 8.80 Å². The van der Waals surface area contributed by atoms with E-state index in [9.17, 15) is 0 Å². The summed E-state index contributed by atoms with van der Waals surface area (Å²) in [6, 6.07) is 0. The third kappa shape index (κ3) is 88.6. The molecule has 0 saturated heterocycles. The van der Waals surface area contributed by atoms with Crippen molar-refractivity contribution >= 4 is 26.0 Å². The molecule has 0 aromatic carbocycles. The van der Waals surface area contributed by atoms with Crippen molar-refractivity contribution in [3.63, 3.8) is 0 Å². The Balaban J connectivity index is 0. The SMILES string of the molecule is C[Si](C)C.[Cl][Hf][Cl]. The van der Waals surface area contributed by atoms with Crippen LogP contribution in [-0.4, -0.2) is 8.80 Å². The molecule has 0 nitrogen and oxygen atoms in total. The van der Waals surface area contributed by atoms with E-state index in [4.69, 9.17) is 17.2 Å². The van der Waals surface area contributed by atoms with Crippen molar-refractivity contribution in [1.29, 1.82) is 0 Å². The van der Waals surface area contributed by atoms with Crippen LogP contribution < -0.4 is 0 Å². The first-order valence-electron chi connectivity index (χ1n) is 1.88. The Bertz CT molecular complexity index is 24.1. The van der Waals surface area contributed by atoms with Crippen LogP contribution in [0.2, 0.25) is 19.6 Å². The van der Waals surface area contributed by atoms with Gasteiger partial charge in [-0.15, -0.1) is 0 Å². The third-order valence-electron chi connectivity index (χ3n) is 0. The fraction of sp³-hybridized carbons (Fsp3) is 1.00. The Labute approximate surface area is 65.7 Å². The predicted octanol–water partition coefficient (Wildman–Crippen LogP) is 2.75. The zero-order valence-electron chi connectivity index (χ0n) is 4.76. The standard InChI is InChI=1S/C3H9Si.2ClH.Hf/c1-4(2)3;;;/h1-3H3;2*1H;/q;;;+2/p-2. The molecule has 0 rings (SSSR count). The molecule has 0 aliphatic heterocycles. The minimum atomic E-state index is -0.972. The zero-order valence-corrected chi connectivity index (χ0v) is 10.9. The molecule has 0 fully saturated rings. The fourth-order valence-electron chi connectivity index (χ4n) is 0. The van der Waals surface area contributed by atoms with E-state index in [1.807, 2.05) is 0 Å². The molecule has 0 atom stereocenters. The Morgan fingerprint density at radius 3 is 1.14 bits per heavy atom. The van der Waals surface area contributed by atoms with Gasteiger partial charge in [-0.25, -0.2) is 0 Å². The summed E-state index contributed by atoms with van der Waals surface area (Å²) in [7, 11) is 10.0. The second kappa shape index (κ2) is 10.6. The molecule has 0 bridgehead atoms. The van der Waals surface area contributed by atoms with E-state index >= 15 is 0 Å². The minimum absolute atomic E-state index is 0.120. The van der Waals surface area contributed by atoms with Gasteiger partial charge in [0.25, 0.3) is 0 Å². The molecule has 4 heteroatoms. The molecule has 0 unspecified atom stereocenters. The van der Waals surface area contributed by atoms with Crippen LogP contribution in [-0.2, 0) is 20.5 Å². The average molecular weight is 323 g/mol. The van der Waals surface area contributed by atoms with Crippen molar-refractivity contribution in [2.45, 2.75) is 19.6 Å². The van der Waals surface area contributed by atoms with Crippen LogP contribution in [0.25, 0.3) is 0 Å². The van der Waals surface area contributed by atoms with Crippen molar-refractivity contribution in [2.24, 2.45) is 0 Å². The second-order valence-corrected chi connectivity index (χ2v) is 9.76. The summed E-state index contributed by atoms with van der Waals surface area (Å²) < 4.78 is 0. The Hall–Kier alpha value is 1.67. The van der Waals surface area contributed by atoms with Crippen LogP contribution in [0.5, 0.6) is 0 Å². The average Bonchev–Trinajstić information content (AvgIpc) is 1.33. The molecule has 0 aromatic heterocycles. The molecule has 0 spiro atoms. The number of hydrogen-bond acceptors (Lipinski definition) is 0. The van der Waals surface area contributed by atoms with E-state index in [0.29, 0.717) is 0 Å². The molecular weight excluding hydrogens is 314 g/mol. The van der Waals surface area contributed by atoms with Gasteiger partial charge in [-0.3, -0.25) is 0 Å². The first kappa shape index (κ1) is 11.5. The molecule has 0 aromatic rings. The number of halogens is 2. The fourth-order valence-corrected chi connectivity index (χ4v) is 0. The summed E-state index contributed by atoms with van der Waals surface area (Å²) >= 11 is -0.972. The van der Waals surface area contributed by atoms with E-state index in [2.05, 4.69) is 19.6 Å². The van der Waals surface area contributed by atoms with Crippen LogP contribution in [0.15, 0.2) is 0 Å².